The smallest absolute Gasteiger partial charge is 0.270 e. The van der Waals surface area contributed by atoms with Gasteiger partial charge in [-0.25, -0.2) is 0 Å². The van der Waals surface area contributed by atoms with Crippen LogP contribution in [-0.2, 0) is 4.79 Å². The number of nitrogens with zero attached hydrogens (tertiary/aromatic N) is 2. The fourth-order valence-electron chi connectivity index (χ4n) is 3.09. The van der Waals surface area contributed by atoms with E-state index < -0.39 is 0 Å². The van der Waals surface area contributed by atoms with Gasteiger partial charge in [-0.1, -0.05) is 17.7 Å². The lowest BCUT2D eigenvalue weighted by Gasteiger charge is -2.21. The zero-order valence-corrected chi connectivity index (χ0v) is 14.4. The third-order valence-corrected chi connectivity index (χ3v) is 4.69. The van der Waals surface area contributed by atoms with Crippen LogP contribution in [0.4, 0.5) is 0 Å². The van der Waals surface area contributed by atoms with Crippen molar-refractivity contribution in [1.82, 2.24) is 14.8 Å². The quantitative estimate of drug-likeness (QED) is 0.869. The minimum absolute atomic E-state index is 0.0605. The number of amides is 2. The zero-order valence-electron chi connectivity index (χ0n) is 13.6. The highest BCUT2D eigenvalue weighted by molar-refractivity contribution is 6.31. The number of aromatic nitrogens is 1. The van der Waals surface area contributed by atoms with Crippen LogP contribution in [0.1, 0.15) is 22.5 Å². The van der Waals surface area contributed by atoms with Crippen LogP contribution in [0, 0.1) is 6.92 Å². The number of carbonyl (C=O) groups is 2. The fraction of sp³-hybridized carbons (Fsp3) is 0.333. The van der Waals surface area contributed by atoms with Crippen molar-refractivity contribution in [1.29, 1.82) is 0 Å². The summed E-state index contributed by atoms with van der Waals surface area (Å²) in [7, 11) is 0. The summed E-state index contributed by atoms with van der Waals surface area (Å²) in [4.78, 5) is 31.6. The second kappa shape index (κ2) is 6.69. The second-order valence-electron chi connectivity index (χ2n) is 5.99. The van der Waals surface area contributed by atoms with Crippen LogP contribution in [0.25, 0.3) is 10.9 Å². The Bertz CT molecular complexity index is 812. The summed E-state index contributed by atoms with van der Waals surface area (Å²) in [6.45, 7) is 7.59. The molecule has 1 aromatic heterocycles. The van der Waals surface area contributed by atoms with E-state index in [-0.39, 0.29) is 11.8 Å². The zero-order chi connectivity index (χ0) is 17.3. The van der Waals surface area contributed by atoms with E-state index in [2.05, 4.69) is 11.6 Å². The lowest BCUT2D eigenvalue weighted by molar-refractivity contribution is -0.129. The molecule has 0 atom stereocenters. The minimum Gasteiger partial charge on any atom is -0.350 e. The summed E-state index contributed by atoms with van der Waals surface area (Å²) in [5.41, 5.74) is 2.34. The highest BCUT2D eigenvalue weighted by Gasteiger charge is 2.26. The lowest BCUT2D eigenvalue weighted by atomic mass is 10.1. The molecule has 0 bridgehead atoms. The first-order chi connectivity index (χ1) is 11.5. The Morgan fingerprint density at radius 1 is 1.38 bits per heavy atom. The first kappa shape index (κ1) is 16.6. The monoisotopic (exact) mass is 345 g/mol. The van der Waals surface area contributed by atoms with Crippen LogP contribution in [-0.4, -0.2) is 52.8 Å². The van der Waals surface area contributed by atoms with Gasteiger partial charge >= 0.3 is 0 Å². The predicted octanol–water partition coefficient (Wildman–Crippen LogP) is 2.99. The maximum absolute atomic E-state index is 12.9. The minimum atomic E-state index is -0.0759. The molecule has 1 aromatic carbocycles. The number of aromatic amines is 1. The Morgan fingerprint density at radius 2 is 2.17 bits per heavy atom. The maximum atomic E-state index is 12.9. The van der Waals surface area contributed by atoms with Gasteiger partial charge in [-0.2, -0.15) is 0 Å². The third-order valence-electron chi connectivity index (χ3n) is 4.46. The molecule has 1 fully saturated rings. The summed E-state index contributed by atoms with van der Waals surface area (Å²) in [5.74, 6) is -0.0153. The van der Waals surface area contributed by atoms with E-state index in [0.29, 0.717) is 43.3 Å². The van der Waals surface area contributed by atoms with Crippen molar-refractivity contribution in [2.45, 2.75) is 13.3 Å². The van der Waals surface area contributed by atoms with E-state index in [0.717, 1.165) is 16.5 Å². The van der Waals surface area contributed by atoms with Crippen molar-refractivity contribution in [2.24, 2.45) is 0 Å². The molecular formula is C18H20ClN3O2. The van der Waals surface area contributed by atoms with Crippen LogP contribution in [0.15, 0.2) is 30.9 Å². The van der Waals surface area contributed by atoms with Gasteiger partial charge in [-0.3, -0.25) is 9.59 Å². The highest BCUT2D eigenvalue weighted by atomic mass is 35.5. The first-order valence-electron chi connectivity index (χ1n) is 7.97. The van der Waals surface area contributed by atoms with Crippen molar-refractivity contribution in [2.75, 3.05) is 26.2 Å². The summed E-state index contributed by atoms with van der Waals surface area (Å²) < 4.78 is 0. The largest absolute Gasteiger partial charge is 0.350 e. The molecule has 2 aromatic rings. The van der Waals surface area contributed by atoms with Gasteiger partial charge in [-0.15, -0.1) is 6.58 Å². The number of fused-ring (bicyclic) bond motifs is 1. The van der Waals surface area contributed by atoms with E-state index in [1.165, 1.54) is 0 Å². The van der Waals surface area contributed by atoms with Gasteiger partial charge < -0.3 is 14.8 Å². The molecule has 0 saturated carbocycles. The first-order valence-corrected chi connectivity index (χ1v) is 8.35. The molecule has 126 valence electrons. The van der Waals surface area contributed by atoms with Crippen molar-refractivity contribution in [3.8, 4) is 0 Å². The summed E-state index contributed by atoms with van der Waals surface area (Å²) in [5, 5.41) is 1.59. The van der Waals surface area contributed by atoms with Gasteiger partial charge in [0.05, 0.1) is 0 Å². The van der Waals surface area contributed by atoms with Gasteiger partial charge in [-0.05, 0) is 30.7 Å². The predicted molar refractivity (Wildman–Crippen MR) is 95.3 cm³/mol. The van der Waals surface area contributed by atoms with Crippen LogP contribution in [0.5, 0.6) is 0 Å². The van der Waals surface area contributed by atoms with Gasteiger partial charge in [0, 0.05) is 48.5 Å². The number of aryl methyl sites for hydroxylation is 1. The van der Waals surface area contributed by atoms with Crippen molar-refractivity contribution >= 4 is 34.3 Å². The molecule has 1 N–H and O–H groups in total. The molecule has 0 unspecified atom stereocenters. The van der Waals surface area contributed by atoms with Crippen molar-refractivity contribution in [3.63, 3.8) is 0 Å². The van der Waals surface area contributed by atoms with E-state index in [1.54, 1.807) is 21.9 Å². The van der Waals surface area contributed by atoms with E-state index >= 15 is 0 Å². The molecule has 2 amide bonds. The van der Waals surface area contributed by atoms with Crippen molar-refractivity contribution < 1.29 is 9.59 Å². The molecule has 3 rings (SSSR count). The molecule has 0 spiro atoms. The van der Waals surface area contributed by atoms with Gasteiger partial charge in [0.15, 0.2) is 0 Å². The Hall–Kier alpha value is -2.27. The van der Waals surface area contributed by atoms with E-state index in [4.69, 9.17) is 11.6 Å². The van der Waals surface area contributed by atoms with Crippen LogP contribution in [0.2, 0.25) is 5.02 Å². The topological polar surface area (TPSA) is 56.4 Å². The van der Waals surface area contributed by atoms with Gasteiger partial charge in [0.25, 0.3) is 5.91 Å². The van der Waals surface area contributed by atoms with E-state index in [9.17, 15) is 9.59 Å². The Morgan fingerprint density at radius 3 is 2.92 bits per heavy atom. The molecule has 1 saturated heterocycles. The number of rotatable bonds is 3. The van der Waals surface area contributed by atoms with Gasteiger partial charge in [0.2, 0.25) is 5.91 Å². The molecule has 0 aliphatic carbocycles. The summed E-state index contributed by atoms with van der Waals surface area (Å²) in [6, 6.07) is 5.53. The van der Waals surface area contributed by atoms with Crippen LogP contribution < -0.4 is 0 Å². The summed E-state index contributed by atoms with van der Waals surface area (Å²) >= 11 is 6.05. The lowest BCUT2D eigenvalue weighted by Crippen LogP contribution is -2.36. The molecule has 1 aliphatic rings. The molecule has 1 aliphatic heterocycles. The van der Waals surface area contributed by atoms with Gasteiger partial charge in [0.1, 0.15) is 5.69 Å². The molecule has 0 radical (unpaired) electrons. The Kier molecular flexibility index (Phi) is 4.62. The highest BCUT2D eigenvalue weighted by Crippen LogP contribution is 2.26. The SMILES string of the molecule is C=CCN1CCN(C(=O)c2[nH]c3ccc(Cl)cc3c2C)CCC1=O. The number of H-pyrrole nitrogens is 1. The normalized spacial score (nSPS) is 15.7. The Labute approximate surface area is 145 Å². The maximum Gasteiger partial charge on any atom is 0.270 e. The number of benzene rings is 1. The fourth-order valence-corrected chi connectivity index (χ4v) is 3.26. The third kappa shape index (κ3) is 3.04. The van der Waals surface area contributed by atoms with Crippen molar-refractivity contribution in [3.05, 3.63) is 47.1 Å². The number of nitrogens with one attached hydrogen (secondary N) is 1. The number of halogens is 1. The molecule has 5 nitrogen and oxygen atoms in total. The average Bonchev–Trinajstić information content (AvgIpc) is 2.77. The van der Waals surface area contributed by atoms with Crippen LogP contribution in [0.3, 0.4) is 0 Å². The molecule has 2 heterocycles. The Balaban J connectivity index is 1.85. The second-order valence-corrected chi connectivity index (χ2v) is 6.42. The summed E-state index contributed by atoms with van der Waals surface area (Å²) in [6.07, 6.45) is 2.05. The number of hydrogen-bond acceptors (Lipinski definition) is 2. The number of carbonyl (C=O) groups excluding carboxylic acids is 2. The molecule has 6 heteroatoms. The van der Waals surface area contributed by atoms with Crippen LogP contribution >= 0.6 is 11.6 Å². The average molecular weight is 346 g/mol. The van der Waals surface area contributed by atoms with E-state index in [1.807, 2.05) is 19.1 Å². The molecule has 24 heavy (non-hydrogen) atoms. The number of hydrogen-bond donors (Lipinski definition) is 1. The standard InChI is InChI=1S/C18H20ClN3O2/c1-3-7-21-9-10-22(8-6-16(21)23)18(24)17-12(2)14-11-13(19)4-5-15(14)20-17/h3-5,11,20H,1,6-10H2,2H3. The molecular weight excluding hydrogens is 326 g/mol.